The minimum Gasteiger partial charge on any atom is -0.337 e. The first kappa shape index (κ1) is 24.6. The Kier molecular flexibility index (Phi) is 6.34. The molecule has 8 nitrogen and oxygen atoms in total. The lowest BCUT2D eigenvalue weighted by atomic mass is 10.0. The van der Waals surface area contributed by atoms with Gasteiger partial charge in [-0.25, -0.2) is 14.1 Å². The number of barbiturate groups is 1. The first-order valence-corrected chi connectivity index (χ1v) is 11.8. The van der Waals surface area contributed by atoms with Gasteiger partial charge in [0, 0.05) is 28.4 Å². The van der Waals surface area contributed by atoms with E-state index >= 15 is 0 Å². The maximum absolute atomic E-state index is 13.4. The molecule has 2 N–H and O–H groups in total. The van der Waals surface area contributed by atoms with Crippen LogP contribution in [-0.4, -0.2) is 28.3 Å². The van der Waals surface area contributed by atoms with Crippen LogP contribution in [-0.2, 0) is 20.9 Å². The summed E-state index contributed by atoms with van der Waals surface area (Å²) in [6.45, 7) is 3.64. The highest BCUT2D eigenvalue weighted by Crippen LogP contribution is 2.27. The van der Waals surface area contributed by atoms with Crippen molar-refractivity contribution in [2.75, 3.05) is 10.2 Å². The van der Waals surface area contributed by atoms with Crippen molar-refractivity contribution >= 4 is 52.1 Å². The number of urea groups is 1. The van der Waals surface area contributed by atoms with Gasteiger partial charge in [-0.15, -0.1) is 0 Å². The number of amides is 5. The average molecular weight is 511 g/mol. The Labute approximate surface area is 217 Å². The van der Waals surface area contributed by atoms with E-state index in [1.807, 2.05) is 38.1 Å². The number of nitrogens with zero attached hydrogens (tertiary/aromatic N) is 2. The van der Waals surface area contributed by atoms with Crippen LogP contribution in [0.25, 0.3) is 17.0 Å². The molecule has 2 heterocycles. The van der Waals surface area contributed by atoms with Gasteiger partial charge in [-0.1, -0.05) is 24.3 Å². The Morgan fingerprint density at radius 2 is 1.66 bits per heavy atom. The summed E-state index contributed by atoms with van der Waals surface area (Å²) < 4.78 is 14.9. The van der Waals surface area contributed by atoms with Crippen LogP contribution in [0.4, 0.5) is 20.6 Å². The molecule has 1 saturated heterocycles. The highest BCUT2D eigenvalue weighted by molar-refractivity contribution is 6.39. The van der Waals surface area contributed by atoms with Crippen LogP contribution >= 0.6 is 0 Å². The molecule has 0 aliphatic carbocycles. The number of nitrogens with one attached hydrogen (secondary N) is 2. The molecule has 4 aromatic rings. The van der Waals surface area contributed by atoms with Crippen molar-refractivity contribution in [2.45, 2.75) is 20.4 Å². The Morgan fingerprint density at radius 3 is 2.37 bits per heavy atom. The molecule has 0 radical (unpaired) electrons. The third-order valence-corrected chi connectivity index (χ3v) is 6.13. The number of halogens is 1. The van der Waals surface area contributed by atoms with Gasteiger partial charge in [0.25, 0.3) is 11.8 Å². The maximum Gasteiger partial charge on any atom is 0.335 e. The number of hydrogen-bond donors (Lipinski definition) is 2. The van der Waals surface area contributed by atoms with Crippen molar-refractivity contribution in [3.63, 3.8) is 0 Å². The highest BCUT2D eigenvalue weighted by Gasteiger charge is 2.37. The number of fused-ring (bicyclic) bond motifs is 1. The van der Waals surface area contributed by atoms with E-state index < -0.39 is 23.7 Å². The number of aryl methyl sites for hydroxylation is 2. The Morgan fingerprint density at radius 1 is 0.974 bits per heavy atom. The second-order valence-corrected chi connectivity index (χ2v) is 9.09. The van der Waals surface area contributed by atoms with Gasteiger partial charge in [0.15, 0.2) is 0 Å². The SMILES string of the molecule is Cc1cc(C)cc(N2C(=O)NC(=O)/C(=C/c3cn(CC(=O)Nc4ccc(F)cc4)c4ccccc34)C2=O)c1. The van der Waals surface area contributed by atoms with E-state index in [0.717, 1.165) is 16.0 Å². The molecule has 38 heavy (non-hydrogen) atoms. The predicted molar refractivity (Wildman–Crippen MR) is 142 cm³/mol. The van der Waals surface area contributed by atoms with Crippen molar-refractivity contribution < 1.29 is 23.6 Å². The van der Waals surface area contributed by atoms with Gasteiger partial charge in [0.05, 0.1) is 5.69 Å². The van der Waals surface area contributed by atoms with Crippen molar-refractivity contribution in [3.05, 3.63) is 101 Å². The van der Waals surface area contributed by atoms with Gasteiger partial charge in [0.2, 0.25) is 5.91 Å². The van der Waals surface area contributed by atoms with Crippen molar-refractivity contribution in [1.82, 2.24) is 9.88 Å². The third-order valence-electron chi connectivity index (χ3n) is 6.13. The van der Waals surface area contributed by atoms with Gasteiger partial charge in [0.1, 0.15) is 17.9 Å². The van der Waals surface area contributed by atoms with Crippen molar-refractivity contribution in [2.24, 2.45) is 0 Å². The van der Waals surface area contributed by atoms with Crippen LogP contribution in [0.3, 0.4) is 0 Å². The van der Waals surface area contributed by atoms with Gasteiger partial charge in [-0.3, -0.25) is 19.7 Å². The molecule has 9 heteroatoms. The quantitative estimate of drug-likeness (QED) is 0.300. The fourth-order valence-corrected chi connectivity index (χ4v) is 4.54. The molecule has 1 aliphatic heterocycles. The third kappa shape index (κ3) is 4.81. The lowest BCUT2D eigenvalue weighted by Crippen LogP contribution is -2.54. The minimum absolute atomic E-state index is 0.0611. The molecule has 1 fully saturated rings. The number of rotatable bonds is 5. The second kappa shape index (κ2) is 9.78. The summed E-state index contributed by atoms with van der Waals surface area (Å²) in [6.07, 6.45) is 3.09. The van der Waals surface area contributed by atoms with E-state index in [-0.39, 0.29) is 18.0 Å². The molecule has 0 bridgehead atoms. The Hall–Kier alpha value is -5.05. The van der Waals surface area contributed by atoms with E-state index in [4.69, 9.17) is 0 Å². The van der Waals surface area contributed by atoms with E-state index in [9.17, 15) is 23.6 Å². The zero-order valence-electron chi connectivity index (χ0n) is 20.6. The number of benzene rings is 3. The molecule has 0 atom stereocenters. The first-order chi connectivity index (χ1) is 18.2. The smallest absolute Gasteiger partial charge is 0.335 e. The molecule has 1 aromatic heterocycles. The minimum atomic E-state index is -0.818. The Bertz CT molecular complexity index is 1630. The van der Waals surface area contributed by atoms with Crippen LogP contribution in [0, 0.1) is 19.7 Å². The van der Waals surface area contributed by atoms with Gasteiger partial charge < -0.3 is 9.88 Å². The number of aromatic nitrogens is 1. The summed E-state index contributed by atoms with van der Waals surface area (Å²) in [5.41, 5.74) is 3.58. The second-order valence-electron chi connectivity index (χ2n) is 9.09. The summed E-state index contributed by atoms with van der Waals surface area (Å²) in [4.78, 5) is 52.4. The standard InChI is InChI=1S/C29H23FN4O4/c1-17-11-18(2)13-22(12-17)34-28(37)24(27(36)32-29(34)38)14-19-15-33(25-6-4-3-5-23(19)25)16-26(35)31-21-9-7-20(30)8-10-21/h3-15H,16H2,1-2H3,(H,31,35)(H,32,36,38)/b24-14-. The normalized spacial score (nSPS) is 14.8. The molecule has 0 saturated carbocycles. The molecular weight excluding hydrogens is 487 g/mol. The number of para-hydroxylation sites is 1. The lowest BCUT2D eigenvalue weighted by Gasteiger charge is -2.26. The zero-order chi connectivity index (χ0) is 27.0. The van der Waals surface area contributed by atoms with Gasteiger partial charge in [-0.05, 0) is 73.5 Å². The molecule has 0 unspecified atom stereocenters. The van der Waals surface area contributed by atoms with E-state index in [0.29, 0.717) is 27.8 Å². The fourth-order valence-electron chi connectivity index (χ4n) is 4.54. The number of carbonyl (C=O) groups excluding carboxylic acids is 4. The number of hydrogen-bond acceptors (Lipinski definition) is 4. The maximum atomic E-state index is 13.4. The molecule has 3 aromatic carbocycles. The highest BCUT2D eigenvalue weighted by atomic mass is 19.1. The first-order valence-electron chi connectivity index (χ1n) is 11.8. The Balaban J connectivity index is 1.49. The van der Waals surface area contributed by atoms with Crippen LogP contribution in [0.1, 0.15) is 16.7 Å². The molecule has 1 aliphatic rings. The zero-order valence-corrected chi connectivity index (χ0v) is 20.6. The summed E-state index contributed by atoms with van der Waals surface area (Å²) >= 11 is 0. The molecular formula is C29H23FN4O4. The summed E-state index contributed by atoms with van der Waals surface area (Å²) in [7, 11) is 0. The van der Waals surface area contributed by atoms with Gasteiger partial charge in [-0.2, -0.15) is 0 Å². The topological polar surface area (TPSA) is 101 Å². The summed E-state index contributed by atoms with van der Waals surface area (Å²) in [6, 6.07) is 17.2. The summed E-state index contributed by atoms with van der Waals surface area (Å²) in [5.74, 6) is -2.29. The predicted octanol–water partition coefficient (Wildman–Crippen LogP) is 4.70. The fraction of sp³-hybridized carbons (Fsp3) is 0.103. The monoisotopic (exact) mass is 510 g/mol. The van der Waals surface area contributed by atoms with Gasteiger partial charge >= 0.3 is 6.03 Å². The van der Waals surface area contributed by atoms with Crippen LogP contribution < -0.4 is 15.5 Å². The molecule has 190 valence electrons. The van der Waals surface area contributed by atoms with E-state index in [2.05, 4.69) is 10.6 Å². The molecule has 5 amide bonds. The van der Waals surface area contributed by atoms with Crippen LogP contribution in [0.15, 0.2) is 78.5 Å². The van der Waals surface area contributed by atoms with Crippen LogP contribution in [0.5, 0.6) is 0 Å². The number of anilines is 2. The number of carbonyl (C=O) groups is 4. The van der Waals surface area contributed by atoms with E-state index in [1.165, 1.54) is 30.3 Å². The van der Waals surface area contributed by atoms with Crippen molar-refractivity contribution in [1.29, 1.82) is 0 Å². The molecule has 5 rings (SSSR count). The van der Waals surface area contributed by atoms with Crippen molar-refractivity contribution in [3.8, 4) is 0 Å². The summed E-state index contributed by atoms with van der Waals surface area (Å²) in [5, 5.41) is 5.68. The lowest BCUT2D eigenvalue weighted by molar-refractivity contribution is -0.122. The largest absolute Gasteiger partial charge is 0.337 e. The number of imide groups is 2. The average Bonchev–Trinajstić information content (AvgIpc) is 3.19. The molecule has 0 spiro atoms. The van der Waals surface area contributed by atoms with Crippen LogP contribution in [0.2, 0.25) is 0 Å². The van der Waals surface area contributed by atoms with E-state index in [1.54, 1.807) is 29.0 Å².